The number of hydrogen-bond donors (Lipinski definition) is 1. The van der Waals surface area contributed by atoms with Crippen molar-refractivity contribution >= 4 is 11.6 Å². The second kappa shape index (κ2) is 8.03. The molecular weight excluding hydrogens is 347 g/mol. The van der Waals surface area contributed by atoms with Gasteiger partial charge in [0, 0.05) is 5.69 Å². The molecule has 0 fully saturated rings. The number of anilines is 1. The first-order chi connectivity index (χ1) is 12.9. The number of aromatic nitrogens is 1. The van der Waals surface area contributed by atoms with E-state index in [-0.39, 0.29) is 24.0 Å². The summed E-state index contributed by atoms with van der Waals surface area (Å²) in [5, 5.41) is 6.67. The van der Waals surface area contributed by atoms with Crippen molar-refractivity contribution in [1.82, 2.24) is 5.16 Å². The topological polar surface area (TPSA) is 64.4 Å². The molecular formula is C21H21FN2O3. The van der Waals surface area contributed by atoms with Gasteiger partial charge in [-0.15, -0.1) is 0 Å². The summed E-state index contributed by atoms with van der Waals surface area (Å²) < 4.78 is 23.8. The minimum absolute atomic E-state index is 0.0933. The molecule has 0 radical (unpaired) electrons. The van der Waals surface area contributed by atoms with Crippen molar-refractivity contribution in [3.8, 4) is 5.75 Å². The van der Waals surface area contributed by atoms with Crippen LogP contribution in [0.25, 0.3) is 0 Å². The van der Waals surface area contributed by atoms with Gasteiger partial charge in [-0.3, -0.25) is 4.79 Å². The van der Waals surface area contributed by atoms with Crippen LogP contribution in [0.5, 0.6) is 5.75 Å². The Morgan fingerprint density at radius 2 is 1.81 bits per heavy atom. The average molecular weight is 368 g/mol. The van der Waals surface area contributed by atoms with Gasteiger partial charge < -0.3 is 14.6 Å². The maximum Gasteiger partial charge on any atom is 0.278 e. The van der Waals surface area contributed by atoms with E-state index in [9.17, 15) is 9.18 Å². The third kappa shape index (κ3) is 4.53. The number of halogens is 1. The zero-order chi connectivity index (χ0) is 19.4. The normalized spacial score (nSPS) is 10.9. The molecule has 5 nitrogen and oxygen atoms in total. The number of rotatable bonds is 6. The Balaban J connectivity index is 1.70. The first-order valence-corrected chi connectivity index (χ1v) is 8.69. The number of hydrogen-bond acceptors (Lipinski definition) is 4. The van der Waals surface area contributed by atoms with Gasteiger partial charge in [0.1, 0.15) is 23.9 Å². The molecule has 3 aromatic rings. The number of ether oxygens (including phenoxy) is 1. The molecule has 0 atom stereocenters. The highest BCUT2D eigenvalue weighted by molar-refractivity contribution is 6.03. The lowest BCUT2D eigenvalue weighted by atomic mass is 10.0. The van der Waals surface area contributed by atoms with E-state index in [1.165, 1.54) is 29.8 Å². The average Bonchev–Trinajstić information content (AvgIpc) is 3.02. The van der Waals surface area contributed by atoms with Crippen molar-refractivity contribution in [1.29, 1.82) is 0 Å². The summed E-state index contributed by atoms with van der Waals surface area (Å²) in [5.41, 5.74) is 2.59. The van der Waals surface area contributed by atoms with Gasteiger partial charge in [-0.1, -0.05) is 31.1 Å². The molecule has 0 saturated carbocycles. The van der Waals surface area contributed by atoms with Gasteiger partial charge in [-0.05, 0) is 54.8 Å². The van der Waals surface area contributed by atoms with Crippen LogP contribution in [-0.4, -0.2) is 11.1 Å². The van der Waals surface area contributed by atoms with Crippen molar-refractivity contribution in [3.05, 3.63) is 76.9 Å². The van der Waals surface area contributed by atoms with E-state index in [4.69, 9.17) is 9.26 Å². The highest BCUT2D eigenvalue weighted by atomic mass is 19.1. The number of benzene rings is 2. The van der Waals surface area contributed by atoms with Crippen molar-refractivity contribution in [2.75, 3.05) is 5.32 Å². The number of aryl methyl sites for hydroxylation is 1. The Morgan fingerprint density at radius 3 is 2.44 bits per heavy atom. The highest BCUT2D eigenvalue weighted by Crippen LogP contribution is 2.21. The van der Waals surface area contributed by atoms with Gasteiger partial charge in [0.2, 0.25) is 0 Å². The zero-order valence-corrected chi connectivity index (χ0v) is 15.5. The lowest BCUT2D eigenvalue weighted by Crippen LogP contribution is -2.15. The largest absolute Gasteiger partial charge is 0.489 e. The number of carbonyl (C=O) groups excluding carboxylic acids is 1. The SMILES string of the molecule is Cc1onc(C(=O)Nc2ccc(C(C)C)cc2)c1COc1ccc(F)cc1. The van der Waals surface area contributed by atoms with Gasteiger partial charge in [0.15, 0.2) is 5.69 Å². The van der Waals surface area contributed by atoms with Gasteiger partial charge >= 0.3 is 0 Å². The van der Waals surface area contributed by atoms with E-state index < -0.39 is 0 Å². The van der Waals surface area contributed by atoms with Crippen LogP contribution in [-0.2, 0) is 6.61 Å². The number of nitrogens with zero attached hydrogens (tertiary/aromatic N) is 1. The fourth-order valence-corrected chi connectivity index (χ4v) is 2.57. The van der Waals surface area contributed by atoms with E-state index in [1.54, 1.807) is 6.92 Å². The first-order valence-electron chi connectivity index (χ1n) is 8.69. The van der Waals surface area contributed by atoms with Crippen LogP contribution in [0.1, 0.15) is 47.1 Å². The molecule has 0 aliphatic carbocycles. The predicted octanol–water partition coefficient (Wildman–Crippen LogP) is 5.08. The third-order valence-corrected chi connectivity index (χ3v) is 4.23. The summed E-state index contributed by atoms with van der Waals surface area (Å²) in [6, 6.07) is 13.3. The minimum atomic E-state index is -0.373. The molecule has 0 spiro atoms. The quantitative estimate of drug-likeness (QED) is 0.659. The van der Waals surface area contributed by atoms with Crippen LogP contribution in [0.15, 0.2) is 53.1 Å². The fourth-order valence-electron chi connectivity index (χ4n) is 2.57. The molecule has 27 heavy (non-hydrogen) atoms. The molecule has 0 aliphatic heterocycles. The third-order valence-electron chi connectivity index (χ3n) is 4.23. The van der Waals surface area contributed by atoms with E-state index in [1.807, 2.05) is 24.3 Å². The Morgan fingerprint density at radius 1 is 1.15 bits per heavy atom. The Kier molecular flexibility index (Phi) is 5.54. The molecule has 0 unspecified atom stereocenters. The minimum Gasteiger partial charge on any atom is -0.489 e. The number of carbonyl (C=O) groups is 1. The molecule has 140 valence electrons. The Labute approximate surface area is 157 Å². The fraction of sp³-hybridized carbons (Fsp3) is 0.238. The highest BCUT2D eigenvalue weighted by Gasteiger charge is 2.20. The summed E-state index contributed by atoms with van der Waals surface area (Å²) in [6.45, 7) is 6.03. The maximum atomic E-state index is 13.0. The van der Waals surface area contributed by atoms with E-state index in [2.05, 4.69) is 24.3 Å². The van der Waals surface area contributed by atoms with Crippen LogP contribution >= 0.6 is 0 Å². The van der Waals surface area contributed by atoms with Crippen molar-refractivity contribution < 1.29 is 18.4 Å². The summed E-state index contributed by atoms with van der Waals surface area (Å²) in [5.74, 6) is 0.696. The van der Waals surface area contributed by atoms with Gasteiger partial charge in [-0.25, -0.2) is 4.39 Å². The summed E-state index contributed by atoms with van der Waals surface area (Å²) in [6.07, 6.45) is 0. The van der Waals surface area contributed by atoms with Crippen molar-refractivity contribution in [2.45, 2.75) is 33.3 Å². The van der Waals surface area contributed by atoms with Crippen LogP contribution in [0.4, 0.5) is 10.1 Å². The monoisotopic (exact) mass is 368 g/mol. The summed E-state index contributed by atoms with van der Waals surface area (Å²) in [4.78, 5) is 12.6. The van der Waals surface area contributed by atoms with Gasteiger partial charge in [0.05, 0.1) is 5.56 Å². The second-order valence-corrected chi connectivity index (χ2v) is 6.54. The molecule has 3 rings (SSSR count). The molecule has 1 N–H and O–H groups in total. The van der Waals surface area contributed by atoms with Crippen LogP contribution in [0.2, 0.25) is 0 Å². The molecule has 1 aromatic heterocycles. The molecule has 0 saturated heterocycles. The molecule has 6 heteroatoms. The lowest BCUT2D eigenvalue weighted by Gasteiger charge is -2.09. The van der Waals surface area contributed by atoms with E-state index in [0.29, 0.717) is 28.7 Å². The lowest BCUT2D eigenvalue weighted by molar-refractivity contribution is 0.101. The number of amides is 1. The second-order valence-electron chi connectivity index (χ2n) is 6.54. The van der Waals surface area contributed by atoms with Crippen molar-refractivity contribution in [2.24, 2.45) is 0 Å². The smallest absolute Gasteiger partial charge is 0.278 e. The molecule has 1 amide bonds. The maximum absolute atomic E-state index is 13.0. The zero-order valence-electron chi connectivity index (χ0n) is 15.5. The van der Waals surface area contributed by atoms with Crippen LogP contribution in [0, 0.1) is 12.7 Å². The summed E-state index contributed by atoms with van der Waals surface area (Å²) >= 11 is 0. The first kappa shape index (κ1) is 18.6. The van der Waals surface area contributed by atoms with Gasteiger partial charge in [-0.2, -0.15) is 0 Å². The van der Waals surface area contributed by atoms with Crippen LogP contribution in [0.3, 0.4) is 0 Å². The van der Waals surface area contributed by atoms with Gasteiger partial charge in [0.25, 0.3) is 5.91 Å². The predicted molar refractivity (Wildman–Crippen MR) is 100 cm³/mol. The molecule has 1 heterocycles. The van der Waals surface area contributed by atoms with E-state index >= 15 is 0 Å². The summed E-state index contributed by atoms with van der Waals surface area (Å²) in [7, 11) is 0. The van der Waals surface area contributed by atoms with E-state index in [0.717, 1.165) is 0 Å². The molecule has 0 bridgehead atoms. The number of nitrogens with one attached hydrogen (secondary N) is 1. The Bertz CT molecular complexity index is 916. The van der Waals surface area contributed by atoms with Crippen LogP contribution < -0.4 is 10.1 Å². The standard InChI is InChI=1S/C21H21FN2O3/c1-13(2)15-4-8-17(9-5-15)23-21(25)20-19(14(3)27-24-20)12-26-18-10-6-16(22)7-11-18/h4-11,13H,12H2,1-3H3,(H,23,25). The Hall–Kier alpha value is -3.15. The molecule has 2 aromatic carbocycles. The molecule has 0 aliphatic rings. The van der Waals surface area contributed by atoms with Crippen molar-refractivity contribution in [3.63, 3.8) is 0 Å².